The van der Waals surface area contributed by atoms with E-state index in [2.05, 4.69) is 45.0 Å². The quantitative estimate of drug-likeness (QED) is 0.466. The third kappa shape index (κ3) is 4.06. The Labute approximate surface area is 178 Å². The first-order chi connectivity index (χ1) is 15.3. The van der Waals surface area contributed by atoms with Crippen LogP contribution in [0, 0.1) is 0 Å². The highest BCUT2D eigenvalue weighted by Crippen LogP contribution is 2.19. The van der Waals surface area contributed by atoms with Crippen LogP contribution in [0.5, 0.6) is 0 Å². The van der Waals surface area contributed by atoms with E-state index in [-0.39, 0.29) is 5.91 Å². The molecule has 31 heavy (non-hydrogen) atoms. The molecule has 0 unspecified atom stereocenters. The van der Waals surface area contributed by atoms with E-state index in [1.165, 1.54) is 10.8 Å². The average molecular weight is 408 g/mol. The van der Waals surface area contributed by atoms with Crippen LogP contribution in [0.1, 0.15) is 21.6 Å². The molecule has 0 saturated carbocycles. The molecular weight excluding hydrogens is 388 g/mol. The van der Waals surface area contributed by atoms with E-state index < -0.39 is 0 Å². The molecule has 2 heterocycles. The maximum atomic E-state index is 12.6. The number of carbonyl (C=O) groups excluding carboxylic acids is 1. The summed E-state index contributed by atoms with van der Waals surface area (Å²) in [5, 5.41) is 17.7. The second-order valence-corrected chi connectivity index (χ2v) is 7.24. The van der Waals surface area contributed by atoms with Crippen LogP contribution in [0.15, 0.2) is 91.4 Å². The molecule has 3 aromatic carbocycles. The Morgan fingerprint density at radius 2 is 1.84 bits per heavy atom. The molecule has 0 atom stereocenters. The molecule has 0 fully saturated rings. The lowest BCUT2D eigenvalue weighted by Crippen LogP contribution is -2.23. The summed E-state index contributed by atoms with van der Waals surface area (Å²) in [6.07, 6.45) is 5.29. The van der Waals surface area contributed by atoms with E-state index in [0.717, 1.165) is 16.8 Å². The van der Waals surface area contributed by atoms with Gasteiger partial charge in [-0.05, 0) is 40.1 Å². The van der Waals surface area contributed by atoms with Crippen molar-refractivity contribution in [2.24, 2.45) is 0 Å². The molecule has 1 amide bonds. The molecular formula is C24H20N6O. The number of hydrogen-bond acceptors (Lipinski definition) is 4. The highest BCUT2D eigenvalue weighted by atomic mass is 16.2. The van der Waals surface area contributed by atoms with Crippen molar-refractivity contribution in [3.05, 3.63) is 108 Å². The molecule has 2 aromatic heterocycles. The van der Waals surface area contributed by atoms with Crippen molar-refractivity contribution in [3.63, 3.8) is 0 Å². The predicted octanol–water partition coefficient (Wildman–Crippen LogP) is 3.60. The molecule has 0 spiro atoms. The Bertz CT molecular complexity index is 1330. The van der Waals surface area contributed by atoms with Gasteiger partial charge in [0.05, 0.1) is 18.4 Å². The molecule has 152 valence electrons. The molecule has 0 saturated heterocycles. The van der Waals surface area contributed by atoms with Gasteiger partial charge in [-0.15, -0.1) is 5.10 Å². The van der Waals surface area contributed by atoms with Crippen LogP contribution >= 0.6 is 0 Å². The minimum Gasteiger partial charge on any atom is -0.347 e. The summed E-state index contributed by atoms with van der Waals surface area (Å²) in [4.78, 5) is 12.6. The second-order valence-electron chi connectivity index (χ2n) is 7.24. The third-order valence-corrected chi connectivity index (χ3v) is 5.12. The van der Waals surface area contributed by atoms with Crippen LogP contribution in [0.3, 0.4) is 0 Å². The van der Waals surface area contributed by atoms with E-state index in [1.807, 2.05) is 54.7 Å². The van der Waals surface area contributed by atoms with E-state index >= 15 is 0 Å². The summed E-state index contributed by atoms with van der Waals surface area (Å²) in [6.45, 7) is 0.942. The Morgan fingerprint density at radius 3 is 2.74 bits per heavy atom. The van der Waals surface area contributed by atoms with Crippen LogP contribution < -0.4 is 5.32 Å². The maximum Gasteiger partial charge on any atom is 0.273 e. The Kier molecular flexibility index (Phi) is 4.98. The van der Waals surface area contributed by atoms with Crippen LogP contribution in [0.2, 0.25) is 0 Å². The van der Waals surface area contributed by atoms with Crippen molar-refractivity contribution in [1.82, 2.24) is 30.1 Å². The van der Waals surface area contributed by atoms with Gasteiger partial charge in [0.15, 0.2) is 5.69 Å². The molecule has 0 aliphatic rings. The number of rotatable bonds is 6. The highest BCUT2D eigenvalue weighted by Gasteiger charge is 2.12. The molecule has 0 radical (unpaired) electrons. The number of aromatic nitrogens is 5. The fraction of sp³-hybridized carbons (Fsp3) is 0.0833. The average Bonchev–Trinajstić information content (AvgIpc) is 3.51. The molecule has 0 aliphatic heterocycles. The van der Waals surface area contributed by atoms with Gasteiger partial charge in [0.1, 0.15) is 0 Å². The van der Waals surface area contributed by atoms with Crippen molar-refractivity contribution in [2.75, 3.05) is 0 Å². The number of benzene rings is 3. The number of carbonyl (C=O) groups is 1. The number of nitrogens with zero attached hydrogens (tertiary/aromatic N) is 5. The van der Waals surface area contributed by atoms with Crippen molar-refractivity contribution in [2.45, 2.75) is 13.1 Å². The minimum atomic E-state index is -0.256. The Balaban J connectivity index is 1.26. The SMILES string of the molecule is O=C(NCc1cccc(-n2cccn2)c1)c1cn(Cc2cccc3ccccc23)nn1. The monoisotopic (exact) mass is 408 g/mol. The maximum absolute atomic E-state index is 12.6. The first-order valence-corrected chi connectivity index (χ1v) is 10.0. The summed E-state index contributed by atoms with van der Waals surface area (Å²) in [6, 6.07) is 24.1. The van der Waals surface area contributed by atoms with Crippen molar-refractivity contribution >= 4 is 16.7 Å². The smallest absolute Gasteiger partial charge is 0.273 e. The van der Waals surface area contributed by atoms with Crippen LogP contribution in [0.25, 0.3) is 16.5 Å². The third-order valence-electron chi connectivity index (χ3n) is 5.12. The molecule has 5 rings (SSSR count). The molecule has 1 N–H and O–H groups in total. The zero-order valence-corrected chi connectivity index (χ0v) is 16.7. The van der Waals surface area contributed by atoms with Gasteiger partial charge in [-0.25, -0.2) is 9.36 Å². The normalized spacial score (nSPS) is 11.0. The topological polar surface area (TPSA) is 77.6 Å². The van der Waals surface area contributed by atoms with E-state index in [4.69, 9.17) is 0 Å². The molecule has 5 aromatic rings. The largest absolute Gasteiger partial charge is 0.347 e. The summed E-state index contributed by atoms with van der Waals surface area (Å²) >= 11 is 0. The van der Waals surface area contributed by atoms with Crippen molar-refractivity contribution in [3.8, 4) is 5.69 Å². The van der Waals surface area contributed by atoms with Gasteiger partial charge in [0, 0.05) is 18.9 Å². The van der Waals surface area contributed by atoms with Crippen LogP contribution in [-0.2, 0) is 13.1 Å². The minimum absolute atomic E-state index is 0.256. The Morgan fingerprint density at radius 1 is 0.968 bits per heavy atom. The standard InChI is InChI=1S/C24H20N6O/c31-24(25-15-18-6-3-10-21(14-18)30-13-5-12-26-30)23-17-29(28-27-23)16-20-9-4-8-19-7-1-2-11-22(19)20/h1-14,17H,15-16H2,(H,25,31). The van der Waals surface area contributed by atoms with E-state index in [0.29, 0.717) is 18.8 Å². The Hall–Kier alpha value is -4.26. The number of hydrogen-bond donors (Lipinski definition) is 1. The summed E-state index contributed by atoms with van der Waals surface area (Å²) in [5.41, 5.74) is 3.34. The predicted molar refractivity (Wildman–Crippen MR) is 118 cm³/mol. The van der Waals surface area contributed by atoms with Gasteiger partial charge in [0.2, 0.25) is 0 Å². The van der Waals surface area contributed by atoms with Gasteiger partial charge in [-0.1, -0.05) is 59.8 Å². The first-order valence-electron chi connectivity index (χ1n) is 10.0. The highest BCUT2D eigenvalue weighted by molar-refractivity contribution is 5.91. The fourth-order valence-electron chi connectivity index (χ4n) is 3.59. The first kappa shape index (κ1) is 18.7. The summed E-state index contributed by atoms with van der Waals surface area (Å²) < 4.78 is 3.47. The lowest BCUT2D eigenvalue weighted by atomic mass is 10.0. The lowest BCUT2D eigenvalue weighted by molar-refractivity contribution is 0.0946. The van der Waals surface area contributed by atoms with Gasteiger partial charge in [0.25, 0.3) is 5.91 Å². The van der Waals surface area contributed by atoms with Crippen molar-refractivity contribution in [1.29, 1.82) is 0 Å². The van der Waals surface area contributed by atoms with E-state index in [9.17, 15) is 4.79 Å². The number of nitrogens with one attached hydrogen (secondary N) is 1. The number of amides is 1. The fourth-order valence-corrected chi connectivity index (χ4v) is 3.59. The molecule has 7 heteroatoms. The van der Waals surface area contributed by atoms with Gasteiger partial charge in [-0.2, -0.15) is 5.10 Å². The van der Waals surface area contributed by atoms with Crippen LogP contribution in [0.4, 0.5) is 0 Å². The summed E-state index contributed by atoms with van der Waals surface area (Å²) in [7, 11) is 0. The van der Waals surface area contributed by atoms with Gasteiger partial charge in [-0.3, -0.25) is 4.79 Å². The summed E-state index contributed by atoms with van der Waals surface area (Å²) in [5.74, 6) is -0.256. The van der Waals surface area contributed by atoms with Crippen LogP contribution in [-0.4, -0.2) is 30.7 Å². The molecule has 0 aliphatic carbocycles. The second kappa shape index (κ2) is 8.23. The zero-order valence-electron chi connectivity index (χ0n) is 16.7. The van der Waals surface area contributed by atoms with Gasteiger partial charge < -0.3 is 5.32 Å². The van der Waals surface area contributed by atoms with Crippen molar-refractivity contribution < 1.29 is 4.79 Å². The van der Waals surface area contributed by atoms with E-state index in [1.54, 1.807) is 21.8 Å². The molecule has 0 bridgehead atoms. The lowest BCUT2D eigenvalue weighted by Gasteiger charge is -2.07. The van der Waals surface area contributed by atoms with Gasteiger partial charge >= 0.3 is 0 Å². The zero-order chi connectivity index (χ0) is 21.0. The molecule has 7 nitrogen and oxygen atoms in total. The number of fused-ring (bicyclic) bond motifs is 1.